The van der Waals surface area contributed by atoms with E-state index in [1.165, 1.54) is 0 Å². The molecular formula is C16H22IN5O2S. The van der Waals surface area contributed by atoms with Crippen LogP contribution in [0.2, 0.25) is 0 Å². The molecule has 0 amide bonds. The summed E-state index contributed by atoms with van der Waals surface area (Å²) in [6, 6.07) is 12.9. The molecule has 0 aliphatic rings. The van der Waals surface area contributed by atoms with Crippen LogP contribution >= 0.6 is 24.0 Å². The summed E-state index contributed by atoms with van der Waals surface area (Å²) in [7, 11) is -1.65. The second-order valence-electron chi connectivity index (χ2n) is 5.13. The van der Waals surface area contributed by atoms with Crippen molar-refractivity contribution < 1.29 is 8.42 Å². The van der Waals surface area contributed by atoms with Crippen molar-refractivity contribution in [1.29, 1.82) is 0 Å². The quantitative estimate of drug-likeness (QED) is 0.337. The molecule has 0 spiro atoms. The molecule has 0 unspecified atom stereocenters. The third-order valence-electron chi connectivity index (χ3n) is 3.15. The lowest BCUT2D eigenvalue weighted by atomic mass is 10.2. The van der Waals surface area contributed by atoms with E-state index in [9.17, 15) is 8.42 Å². The maximum Gasteiger partial charge on any atom is 0.229 e. The van der Waals surface area contributed by atoms with Gasteiger partial charge in [0.1, 0.15) is 0 Å². The molecule has 0 fully saturated rings. The molecule has 0 aliphatic carbocycles. The van der Waals surface area contributed by atoms with Gasteiger partial charge in [-0.1, -0.05) is 24.3 Å². The maximum absolute atomic E-state index is 11.4. The number of hydrogen-bond acceptors (Lipinski definition) is 4. The highest BCUT2D eigenvalue weighted by molar-refractivity contribution is 14.0. The van der Waals surface area contributed by atoms with Crippen molar-refractivity contribution in [2.45, 2.75) is 13.1 Å². The number of guanidine groups is 1. The number of sulfonamides is 1. The van der Waals surface area contributed by atoms with Crippen molar-refractivity contribution in [3.63, 3.8) is 0 Å². The molecule has 0 aliphatic heterocycles. The monoisotopic (exact) mass is 475 g/mol. The minimum atomic E-state index is -3.32. The molecule has 1 aromatic heterocycles. The fraction of sp³-hybridized carbons (Fsp3) is 0.250. The molecule has 9 heteroatoms. The predicted molar refractivity (Wildman–Crippen MR) is 112 cm³/mol. The Labute approximate surface area is 165 Å². The number of aromatic nitrogens is 1. The smallest absolute Gasteiger partial charge is 0.229 e. The summed E-state index contributed by atoms with van der Waals surface area (Å²) >= 11 is 0. The molecule has 0 saturated heterocycles. The number of nitrogens with one attached hydrogen (secondary N) is 3. The zero-order chi connectivity index (χ0) is 17.4. The van der Waals surface area contributed by atoms with Crippen molar-refractivity contribution in [2.75, 3.05) is 18.0 Å². The van der Waals surface area contributed by atoms with Crippen LogP contribution in [0.4, 0.5) is 5.69 Å². The van der Waals surface area contributed by atoms with Gasteiger partial charge in [-0.15, -0.1) is 24.0 Å². The van der Waals surface area contributed by atoms with Gasteiger partial charge in [0.05, 0.1) is 24.2 Å². The van der Waals surface area contributed by atoms with Crippen LogP contribution in [0.3, 0.4) is 0 Å². The van der Waals surface area contributed by atoms with E-state index in [-0.39, 0.29) is 24.0 Å². The van der Waals surface area contributed by atoms with Crippen LogP contribution in [-0.4, -0.2) is 32.7 Å². The van der Waals surface area contributed by atoms with Gasteiger partial charge in [0.15, 0.2) is 5.96 Å². The minimum Gasteiger partial charge on any atom is -0.352 e. The Kier molecular flexibility index (Phi) is 8.62. The summed E-state index contributed by atoms with van der Waals surface area (Å²) in [5.74, 6) is 0.606. The Morgan fingerprint density at radius 1 is 1.08 bits per heavy atom. The lowest BCUT2D eigenvalue weighted by Crippen LogP contribution is -2.36. The molecule has 2 aromatic rings. The number of benzene rings is 1. The van der Waals surface area contributed by atoms with Crippen molar-refractivity contribution in [2.24, 2.45) is 4.99 Å². The molecular weight excluding hydrogens is 453 g/mol. The minimum absolute atomic E-state index is 0. The molecule has 0 saturated carbocycles. The van der Waals surface area contributed by atoms with E-state index < -0.39 is 10.0 Å². The molecule has 2 rings (SSSR count). The van der Waals surface area contributed by atoms with Crippen LogP contribution in [0.5, 0.6) is 0 Å². The van der Waals surface area contributed by atoms with Gasteiger partial charge in [-0.25, -0.2) is 8.42 Å². The Hall–Kier alpha value is -1.88. The predicted octanol–water partition coefficient (Wildman–Crippen LogP) is 1.94. The van der Waals surface area contributed by atoms with E-state index in [2.05, 4.69) is 25.3 Å². The molecule has 25 heavy (non-hydrogen) atoms. The van der Waals surface area contributed by atoms with Gasteiger partial charge in [0, 0.05) is 19.8 Å². The van der Waals surface area contributed by atoms with E-state index in [4.69, 9.17) is 0 Å². The zero-order valence-electron chi connectivity index (χ0n) is 14.1. The first-order chi connectivity index (χ1) is 11.5. The Bertz CT molecular complexity index is 797. The number of para-hydroxylation sites is 1. The van der Waals surface area contributed by atoms with Gasteiger partial charge in [0.25, 0.3) is 0 Å². The number of halogens is 1. The molecule has 0 radical (unpaired) electrons. The summed E-state index contributed by atoms with van der Waals surface area (Å²) < 4.78 is 25.4. The standard InChI is InChI=1S/C16H21N5O2S.HI/c1-17-16(20-12-14-8-5-6-10-18-14)19-11-13-7-3-4-9-15(13)21-24(2,22)23;/h3-10,21H,11-12H2,1-2H3,(H2,17,19,20);1H. The van der Waals surface area contributed by atoms with Crippen LogP contribution in [0.15, 0.2) is 53.7 Å². The number of pyridine rings is 1. The Balaban J connectivity index is 0.00000312. The number of rotatable bonds is 6. The summed E-state index contributed by atoms with van der Waals surface area (Å²) in [5.41, 5.74) is 2.27. The van der Waals surface area contributed by atoms with Gasteiger partial charge >= 0.3 is 0 Å². The molecule has 0 atom stereocenters. The Morgan fingerprint density at radius 3 is 2.40 bits per heavy atom. The lowest BCUT2D eigenvalue weighted by molar-refractivity contribution is 0.606. The summed E-state index contributed by atoms with van der Waals surface area (Å²) in [6.07, 6.45) is 2.87. The fourth-order valence-corrected chi connectivity index (χ4v) is 2.65. The SMILES string of the molecule is CN=C(NCc1ccccn1)NCc1ccccc1NS(C)(=O)=O.I. The third-order valence-corrected chi connectivity index (χ3v) is 3.74. The largest absolute Gasteiger partial charge is 0.352 e. The van der Waals surface area contributed by atoms with Crippen LogP contribution in [0, 0.1) is 0 Å². The van der Waals surface area contributed by atoms with E-state index >= 15 is 0 Å². The number of nitrogens with zero attached hydrogens (tertiary/aromatic N) is 2. The normalized spacial score (nSPS) is 11.4. The summed E-state index contributed by atoms with van der Waals surface area (Å²) in [5, 5.41) is 6.32. The third kappa shape index (κ3) is 7.69. The summed E-state index contributed by atoms with van der Waals surface area (Å²) in [4.78, 5) is 8.39. The average molecular weight is 475 g/mol. The van der Waals surface area contributed by atoms with Crippen LogP contribution in [0.1, 0.15) is 11.3 Å². The van der Waals surface area contributed by atoms with E-state index in [0.29, 0.717) is 24.7 Å². The van der Waals surface area contributed by atoms with Gasteiger partial charge in [-0.2, -0.15) is 0 Å². The van der Waals surface area contributed by atoms with Gasteiger partial charge in [0.2, 0.25) is 10.0 Å². The fourth-order valence-electron chi connectivity index (χ4n) is 2.05. The second-order valence-corrected chi connectivity index (χ2v) is 6.88. The molecule has 1 heterocycles. The van der Waals surface area contributed by atoms with Gasteiger partial charge < -0.3 is 10.6 Å². The first-order valence-electron chi connectivity index (χ1n) is 7.38. The van der Waals surface area contributed by atoms with E-state index in [0.717, 1.165) is 17.5 Å². The topological polar surface area (TPSA) is 95.5 Å². The van der Waals surface area contributed by atoms with Gasteiger partial charge in [-0.05, 0) is 23.8 Å². The van der Waals surface area contributed by atoms with Crippen molar-refractivity contribution in [3.8, 4) is 0 Å². The highest BCUT2D eigenvalue weighted by Crippen LogP contribution is 2.15. The van der Waals surface area contributed by atoms with Crippen LogP contribution in [-0.2, 0) is 23.1 Å². The lowest BCUT2D eigenvalue weighted by Gasteiger charge is -2.14. The zero-order valence-corrected chi connectivity index (χ0v) is 17.2. The van der Waals surface area contributed by atoms with E-state index in [1.807, 2.05) is 30.3 Å². The highest BCUT2D eigenvalue weighted by atomic mass is 127. The molecule has 7 nitrogen and oxygen atoms in total. The number of aliphatic imine (C=N–C) groups is 1. The van der Waals surface area contributed by atoms with Crippen molar-refractivity contribution in [3.05, 3.63) is 59.9 Å². The van der Waals surface area contributed by atoms with Crippen LogP contribution in [0.25, 0.3) is 0 Å². The average Bonchev–Trinajstić information content (AvgIpc) is 2.56. The first kappa shape index (κ1) is 21.2. The molecule has 3 N–H and O–H groups in total. The number of anilines is 1. The van der Waals surface area contributed by atoms with E-state index in [1.54, 1.807) is 25.4 Å². The summed E-state index contributed by atoms with van der Waals surface area (Å²) in [6.45, 7) is 0.977. The van der Waals surface area contributed by atoms with Crippen molar-refractivity contribution in [1.82, 2.24) is 15.6 Å². The molecule has 136 valence electrons. The van der Waals surface area contributed by atoms with Gasteiger partial charge in [-0.3, -0.25) is 14.7 Å². The second kappa shape index (κ2) is 10.2. The number of hydrogen-bond donors (Lipinski definition) is 3. The Morgan fingerprint density at radius 2 is 1.76 bits per heavy atom. The van der Waals surface area contributed by atoms with Crippen molar-refractivity contribution >= 4 is 45.6 Å². The highest BCUT2D eigenvalue weighted by Gasteiger charge is 2.07. The first-order valence-corrected chi connectivity index (χ1v) is 9.27. The maximum atomic E-state index is 11.4. The molecule has 1 aromatic carbocycles. The molecule has 0 bridgehead atoms. The van der Waals surface area contributed by atoms with Crippen LogP contribution < -0.4 is 15.4 Å².